The molecule has 1 aromatic heterocycles. The normalized spacial score (nSPS) is 15.8. The van der Waals surface area contributed by atoms with E-state index in [9.17, 15) is 4.79 Å². The zero-order chi connectivity index (χ0) is 18.4. The van der Waals surface area contributed by atoms with Crippen LogP contribution in [0.15, 0.2) is 41.6 Å². The van der Waals surface area contributed by atoms with Crippen molar-refractivity contribution in [2.45, 2.75) is 37.9 Å². The fourth-order valence-electron chi connectivity index (χ4n) is 3.27. The van der Waals surface area contributed by atoms with Gasteiger partial charge in [0.2, 0.25) is 5.91 Å². The summed E-state index contributed by atoms with van der Waals surface area (Å²) in [5.74, 6) is 0.345. The van der Waals surface area contributed by atoms with Crippen molar-refractivity contribution in [2.75, 3.05) is 25.4 Å². The van der Waals surface area contributed by atoms with Crippen molar-refractivity contribution in [3.63, 3.8) is 0 Å². The Morgan fingerprint density at radius 2 is 1.81 bits per heavy atom. The lowest BCUT2D eigenvalue weighted by Gasteiger charge is -2.25. The van der Waals surface area contributed by atoms with Crippen LogP contribution in [0.25, 0.3) is 0 Å². The third-order valence-electron chi connectivity index (χ3n) is 4.47. The minimum atomic E-state index is 0.0163. The Kier molecular flexibility index (Phi) is 6.63. The number of benzene rings is 1. The van der Waals surface area contributed by atoms with Crippen molar-refractivity contribution < 1.29 is 4.79 Å². The van der Waals surface area contributed by atoms with E-state index in [4.69, 9.17) is 0 Å². The Bertz CT molecular complexity index is 712. The SMILES string of the molecule is Cc1cc(C)nc(SCC(=O)N[C@@H](CN2CCCC2)c2ccccc2)n1. The molecule has 1 fully saturated rings. The summed E-state index contributed by atoms with van der Waals surface area (Å²) >= 11 is 1.39. The van der Waals surface area contributed by atoms with Crippen LogP contribution in [-0.2, 0) is 4.79 Å². The van der Waals surface area contributed by atoms with Gasteiger partial charge in [-0.3, -0.25) is 4.79 Å². The average Bonchev–Trinajstić information content (AvgIpc) is 3.12. The number of aryl methyl sites for hydroxylation is 2. The van der Waals surface area contributed by atoms with Crippen LogP contribution in [0.5, 0.6) is 0 Å². The summed E-state index contributed by atoms with van der Waals surface area (Å²) in [6.07, 6.45) is 2.49. The Morgan fingerprint density at radius 3 is 2.46 bits per heavy atom. The number of carbonyl (C=O) groups is 1. The Labute approximate surface area is 159 Å². The van der Waals surface area contributed by atoms with Crippen molar-refractivity contribution >= 4 is 17.7 Å². The summed E-state index contributed by atoms with van der Waals surface area (Å²) < 4.78 is 0. The van der Waals surface area contributed by atoms with Crippen LogP contribution < -0.4 is 5.32 Å². The van der Waals surface area contributed by atoms with Crippen molar-refractivity contribution in [3.05, 3.63) is 53.3 Å². The van der Waals surface area contributed by atoms with E-state index in [0.29, 0.717) is 10.9 Å². The van der Waals surface area contributed by atoms with Crippen LogP contribution in [0.4, 0.5) is 0 Å². The van der Waals surface area contributed by atoms with Crippen LogP contribution in [0, 0.1) is 13.8 Å². The van der Waals surface area contributed by atoms with Gasteiger partial charge in [-0.1, -0.05) is 42.1 Å². The highest BCUT2D eigenvalue weighted by molar-refractivity contribution is 7.99. The molecule has 1 N–H and O–H groups in total. The molecule has 0 unspecified atom stereocenters. The summed E-state index contributed by atoms with van der Waals surface area (Å²) in [4.78, 5) is 23.7. The fourth-order valence-corrected chi connectivity index (χ4v) is 4.03. The maximum atomic E-state index is 12.5. The molecule has 138 valence electrons. The van der Waals surface area contributed by atoms with E-state index in [-0.39, 0.29) is 11.9 Å². The van der Waals surface area contributed by atoms with E-state index >= 15 is 0 Å². The molecule has 0 saturated carbocycles. The quantitative estimate of drug-likeness (QED) is 0.599. The van der Waals surface area contributed by atoms with E-state index in [2.05, 4.69) is 32.3 Å². The van der Waals surface area contributed by atoms with Crippen LogP contribution in [0.3, 0.4) is 0 Å². The maximum Gasteiger partial charge on any atom is 0.231 e. The van der Waals surface area contributed by atoms with E-state index in [1.165, 1.54) is 24.6 Å². The lowest BCUT2D eigenvalue weighted by Crippen LogP contribution is -2.37. The number of amides is 1. The minimum Gasteiger partial charge on any atom is -0.347 e. The van der Waals surface area contributed by atoms with Gasteiger partial charge in [-0.15, -0.1) is 0 Å². The maximum absolute atomic E-state index is 12.5. The van der Waals surface area contributed by atoms with Gasteiger partial charge in [0.15, 0.2) is 5.16 Å². The van der Waals surface area contributed by atoms with Crippen molar-refractivity contribution in [2.24, 2.45) is 0 Å². The Balaban J connectivity index is 1.60. The predicted octanol–water partition coefficient (Wildman–Crippen LogP) is 3.14. The average molecular weight is 371 g/mol. The molecule has 1 aliphatic heterocycles. The molecule has 6 heteroatoms. The first-order chi connectivity index (χ1) is 12.6. The van der Waals surface area contributed by atoms with E-state index in [1.54, 1.807) is 0 Å². The monoisotopic (exact) mass is 370 g/mol. The largest absolute Gasteiger partial charge is 0.347 e. The third kappa shape index (κ3) is 5.54. The van der Waals surface area contributed by atoms with Crippen molar-refractivity contribution in [1.82, 2.24) is 20.2 Å². The number of rotatable bonds is 7. The lowest BCUT2D eigenvalue weighted by atomic mass is 10.1. The number of aromatic nitrogens is 2. The molecular formula is C20H26N4OS. The molecule has 5 nitrogen and oxygen atoms in total. The van der Waals surface area contributed by atoms with Gasteiger partial charge in [-0.05, 0) is 51.4 Å². The Hall–Kier alpha value is -1.92. The first kappa shape index (κ1) is 18.9. The van der Waals surface area contributed by atoms with Gasteiger partial charge in [0.1, 0.15) is 0 Å². The number of nitrogens with zero attached hydrogens (tertiary/aromatic N) is 3. The van der Waals surface area contributed by atoms with Gasteiger partial charge in [0, 0.05) is 17.9 Å². The number of thioether (sulfide) groups is 1. The van der Waals surface area contributed by atoms with Gasteiger partial charge < -0.3 is 10.2 Å². The Morgan fingerprint density at radius 1 is 1.15 bits per heavy atom. The standard InChI is InChI=1S/C20H26N4OS/c1-15-12-16(2)22-20(21-15)26-14-19(25)23-18(13-24-10-6-7-11-24)17-8-4-3-5-9-17/h3-5,8-9,12,18H,6-7,10-11,13-14H2,1-2H3,(H,23,25)/t18-/m0/s1. The molecule has 0 spiro atoms. The highest BCUT2D eigenvalue weighted by atomic mass is 32.2. The second kappa shape index (κ2) is 9.14. The topological polar surface area (TPSA) is 58.1 Å². The van der Waals surface area contributed by atoms with E-state index in [1.807, 2.05) is 38.1 Å². The van der Waals surface area contributed by atoms with Crippen molar-refractivity contribution in [1.29, 1.82) is 0 Å². The smallest absolute Gasteiger partial charge is 0.231 e. The van der Waals surface area contributed by atoms with Gasteiger partial charge in [0.05, 0.1) is 11.8 Å². The minimum absolute atomic E-state index is 0.0163. The molecule has 1 atom stereocenters. The zero-order valence-corrected chi connectivity index (χ0v) is 16.3. The highest BCUT2D eigenvalue weighted by Crippen LogP contribution is 2.19. The molecule has 0 bridgehead atoms. The molecule has 2 aromatic rings. The molecule has 1 aliphatic rings. The number of likely N-dealkylation sites (tertiary alicyclic amines) is 1. The second-order valence-corrected chi connectivity index (χ2v) is 7.70. The first-order valence-electron chi connectivity index (χ1n) is 9.12. The first-order valence-corrected chi connectivity index (χ1v) is 10.1. The molecule has 0 radical (unpaired) electrons. The van der Waals surface area contributed by atoms with E-state index in [0.717, 1.165) is 36.6 Å². The van der Waals surface area contributed by atoms with Gasteiger partial charge in [-0.25, -0.2) is 9.97 Å². The molecule has 1 amide bonds. The van der Waals surface area contributed by atoms with Crippen molar-refractivity contribution in [3.8, 4) is 0 Å². The predicted molar refractivity (Wildman–Crippen MR) is 105 cm³/mol. The second-order valence-electron chi connectivity index (χ2n) is 6.76. The van der Waals surface area contributed by atoms with Crippen LogP contribution >= 0.6 is 11.8 Å². The molecule has 26 heavy (non-hydrogen) atoms. The zero-order valence-electron chi connectivity index (χ0n) is 15.4. The number of hydrogen-bond acceptors (Lipinski definition) is 5. The van der Waals surface area contributed by atoms with Crippen LogP contribution in [0.1, 0.15) is 35.8 Å². The molecular weight excluding hydrogens is 344 g/mol. The summed E-state index contributed by atoms with van der Waals surface area (Å²) in [6.45, 7) is 6.98. The molecule has 3 rings (SSSR count). The summed E-state index contributed by atoms with van der Waals surface area (Å²) in [5.41, 5.74) is 3.01. The van der Waals surface area contributed by atoms with Crippen LogP contribution in [-0.4, -0.2) is 46.2 Å². The number of hydrogen-bond donors (Lipinski definition) is 1. The fraction of sp³-hybridized carbons (Fsp3) is 0.450. The summed E-state index contributed by atoms with van der Waals surface area (Å²) in [7, 11) is 0. The molecule has 1 saturated heterocycles. The van der Waals surface area contributed by atoms with Gasteiger partial charge in [-0.2, -0.15) is 0 Å². The molecule has 1 aromatic carbocycles. The van der Waals surface area contributed by atoms with Gasteiger partial charge >= 0.3 is 0 Å². The summed E-state index contributed by atoms with van der Waals surface area (Å²) in [6, 6.07) is 12.2. The van der Waals surface area contributed by atoms with Crippen LogP contribution in [0.2, 0.25) is 0 Å². The number of nitrogens with one attached hydrogen (secondary N) is 1. The lowest BCUT2D eigenvalue weighted by molar-refractivity contribution is -0.119. The third-order valence-corrected chi connectivity index (χ3v) is 5.32. The number of carbonyl (C=O) groups excluding carboxylic acids is 1. The highest BCUT2D eigenvalue weighted by Gasteiger charge is 2.20. The van der Waals surface area contributed by atoms with E-state index < -0.39 is 0 Å². The molecule has 0 aliphatic carbocycles. The van der Waals surface area contributed by atoms with Gasteiger partial charge in [0.25, 0.3) is 0 Å². The summed E-state index contributed by atoms with van der Waals surface area (Å²) in [5, 5.41) is 3.86. The molecule has 2 heterocycles.